The number of carbonyl (C=O) groups is 1. The Bertz CT molecular complexity index is 1060. The molecule has 1 saturated carbocycles. The summed E-state index contributed by atoms with van der Waals surface area (Å²) in [6.07, 6.45) is 21.5. The molecule has 1 atom stereocenters. The van der Waals surface area contributed by atoms with Crippen molar-refractivity contribution >= 4 is 5.97 Å². The molecule has 0 bridgehead atoms. The minimum absolute atomic E-state index is 0.0851. The van der Waals surface area contributed by atoms with Crippen molar-refractivity contribution in [3.05, 3.63) is 64.7 Å². The van der Waals surface area contributed by atoms with Crippen molar-refractivity contribution in [2.75, 3.05) is 0 Å². The maximum absolute atomic E-state index is 13.0. The molecule has 41 heavy (non-hydrogen) atoms. The Balaban J connectivity index is 1.41. The highest BCUT2D eigenvalue weighted by atomic mass is 16.5. The SMILES string of the molecule is CCCCCCCCCCc1ccc(OC(=O)C2CCC(c3ccc(CC(C)CCCCC)cc3)CC2)c(C#N)c1. The summed E-state index contributed by atoms with van der Waals surface area (Å²) in [6, 6.07) is 17.3. The summed E-state index contributed by atoms with van der Waals surface area (Å²) < 4.78 is 5.79. The fourth-order valence-corrected chi connectivity index (χ4v) is 6.40. The van der Waals surface area contributed by atoms with E-state index < -0.39 is 0 Å². The van der Waals surface area contributed by atoms with Crippen molar-refractivity contribution in [1.29, 1.82) is 5.26 Å². The van der Waals surface area contributed by atoms with Crippen LogP contribution >= 0.6 is 0 Å². The monoisotopic (exact) mass is 557 g/mol. The molecule has 224 valence electrons. The summed E-state index contributed by atoms with van der Waals surface area (Å²) in [5.41, 5.74) is 4.47. The molecule has 3 rings (SSSR count). The number of esters is 1. The van der Waals surface area contributed by atoms with Crippen molar-refractivity contribution in [3.8, 4) is 11.8 Å². The number of hydrogen-bond donors (Lipinski definition) is 0. The van der Waals surface area contributed by atoms with Crippen molar-refractivity contribution < 1.29 is 9.53 Å². The number of nitrogens with zero attached hydrogens (tertiary/aromatic N) is 1. The van der Waals surface area contributed by atoms with Gasteiger partial charge in [0, 0.05) is 0 Å². The van der Waals surface area contributed by atoms with Crippen LogP contribution in [0.4, 0.5) is 0 Å². The van der Waals surface area contributed by atoms with E-state index in [9.17, 15) is 10.1 Å². The molecule has 0 aromatic heterocycles. The number of unbranched alkanes of at least 4 members (excludes halogenated alkanes) is 9. The summed E-state index contributed by atoms with van der Waals surface area (Å²) >= 11 is 0. The topological polar surface area (TPSA) is 50.1 Å². The van der Waals surface area contributed by atoms with Gasteiger partial charge in [-0.15, -0.1) is 0 Å². The van der Waals surface area contributed by atoms with Gasteiger partial charge in [-0.25, -0.2) is 0 Å². The number of nitriles is 1. The van der Waals surface area contributed by atoms with Crippen LogP contribution in [-0.4, -0.2) is 5.97 Å². The van der Waals surface area contributed by atoms with Gasteiger partial charge in [-0.2, -0.15) is 5.26 Å². The van der Waals surface area contributed by atoms with Gasteiger partial charge in [0.2, 0.25) is 0 Å². The van der Waals surface area contributed by atoms with Crippen LogP contribution in [0.3, 0.4) is 0 Å². The van der Waals surface area contributed by atoms with Crippen molar-refractivity contribution in [2.24, 2.45) is 11.8 Å². The molecule has 0 N–H and O–H groups in total. The molecule has 1 aliphatic rings. The van der Waals surface area contributed by atoms with Gasteiger partial charge >= 0.3 is 5.97 Å². The lowest BCUT2D eigenvalue weighted by atomic mass is 9.78. The molecule has 3 heteroatoms. The summed E-state index contributed by atoms with van der Waals surface area (Å²) in [5.74, 6) is 1.40. The second-order valence-electron chi connectivity index (χ2n) is 12.7. The highest BCUT2D eigenvalue weighted by Crippen LogP contribution is 2.37. The standard InChI is InChI=1S/C38H55NO2/c1-4-6-8-9-10-11-12-14-16-31-19-26-37(36(28-31)29-39)41-38(40)35-24-22-34(23-25-35)33-20-17-32(18-21-33)27-30(3)15-13-7-5-2/h17-21,26,28,30,34-35H,4-16,22-25,27H2,1-3H3. The van der Waals surface area contributed by atoms with Crippen LogP contribution in [0, 0.1) is 23.2 Å². The van der Waals surface area contributed by atoms with Crippen LogP contribution < -0.4 is 4.74 Å². The van der Waals surface area contributed by atoms with E-state index in [1.165, 1.54) is 81.8 Å². The minimum atomic E-state index is -0.178. The summed E-state index contributed by atoms with van der Waals surface area (Å²) in [7, 11) is 0. The summed E-state index contributed by atoms with van der Waals surface area (Å²) in [4.78, 5) is 13.0. The summed E-state index contributed by atoms with van der Waals surface area (Å²) in [5, 5.41) is 9.71. The van der Waals surface area contributed by atoms with E-state index >= 15 is 0 Å². The van der Waals surface area contributed by atoms with E-state index in [1.807, 2.05) is 18.2 Å². The first-order valence-corrected chi connectivity index (χ1v) is 16.9. The van der Waals surface area contributed by atoms with E-state index in [0.717, 1.165) is 56.4 Å². The lowest BCUT2D eigenvalue weighted by Gasteiger charge is -2.27. The van der Waals surface area contributed by atoms with E-state index in [2.05, 4.69) is 51.1 Å². The molecular formula is C38H55NO2. The molecule has 2 aromatic rings. The van der Waals surface area contributed by atoms with Crippen molar-refractivity contribution in [2.45, 2.75) is 142 Å². The lowest BCUT2D eigenvalue weighted by Crippen LogP contribution is -2.25. The van der Waals surface area contributed by atoms with Gasteiger partial charge in [-0.1, -0.05) is 122 Å². The van der Waals surface area contributed by atoms with Crippen molar-refractivity contribution in [3.63, 3.8) is 0 Å². The first-order chi connectivity index (χ1) is 20.0. The largest absolute Gasteiger partial charge is 0.425 e. The Morgan fingerprint density at radius 1 is 0.829 bits per heavy atom. The highest BCUT2D eigenvalue weighted by molar-refractivity contribution is 5.76. The zero-order valence-corrected chi connectivity index (χ0v) is 26.3. The third kappa shape index (κ3) is 11.7. The maximum atomic E-state index is 13.0. The van der Waals surface area contributed by atoms with Crippen LogP contribution in [0.1, 0.15) is 152 Å². The van der Waals surface area contributed by atoms with Gasteiger partial charge in [0.25, 0.3) is 0 Å². The zero-order chi connectivity index (χ0) is 29.3. The molecule has 3 nitrogen and oxygen atoms in total. The second kappa shape index (κ2) is 18.8. The van der Waals surface area contributed by atoms with E-state index in [4.69, 9.17) is 4.74 Å². The predicted octanol–water partition coefficient (Wildman–Crippen LogP) is 10.9. The Morgan fingerprint density at radius 2 is 1.44 bits per heavy atom. The van der Waals surface area contributed by atoms with Gasteiger partial charge in [-0.3, -0.25) is 4.79 Å². The molecule has 0 saturated heterocycles. The quantitative estimate of drug-likeness (QED) is 0.104. The average molecular weight is 558 g/mol. The van der Waals surface area contributed by atoms with Crippen LogP contribution in [0.15, 0.2) is 42.5 Å². The van der Waals surface area contributed by atoms with Crippen LogP contribution in [0.2, 0.25) is 0 Å². The molecule has 1 unspecified atom stereocenters. The number of carbonyl (C=O) groups excluding carboxylic acids is 1. The first-order valence-electron chi connectivity index (χ1n) is 16.9. The Morgan fingerprint density at radius 3 is 2.10 bits per heavy atom. The number of benzene rings is 2. The fourth-order valence-electron chi connectivity index (χ4n) is 6.40. The molecule has 1 fully saturated rings. The number of ether oxygens (including phenoxy) is 1. The zero-order valence-electron chi connectivity index (χ0n) is 26.3. The maximum Gasteiger partial charge on any atom is 0.314 e. The number of aryl methyl sites for hydroxylation is 1. The van der Waals surface area contributed by atoms with E-state index in [1.54, 1.807) is 0 Å². The molecule has 0 amide bonds. The van der Waals surface area contributed by atoms with E-state index in [-0.39, 0.29) is 11.9 Å². The third-order valence-corrected chi connectivity index (χ3v) is 9.09. The number of hydrogen-bond acceptors (Lipinski definition) is 3. The summed E-state index contributed by atoms with van der Waals surface area (Å²) in [6.45, 7) is 6.89. The van der Waals surface area contributed by atoms with Gasteiger partial charge in [0.1, 0.15) is 11.8 Å². The molecule has 0 radical (unpaired) electrons. The number of rotatable bonds is 18. The van der Waals surface area contributed by atoms with Crippen LogP contribution in [0.5, 0.6) is 5.75 Å². The minimum Gasteiger partial charge on any atom is -0.425 e. The van der Waals surface area contributed by atoms with Gasteiger partial charge < -0.3 is 4.74 Å². The normalized spacial score (nSPS) is 17.6. The first kappa shape index (κ1) is 32.9. The molecule has 2 aromatic carbocycles. The highest BCUT2D eigenvalue weighted by Gasteiger charge is 2.29. The Hall–Kier alpha value is -2.60. The van der Waals surface area contributed by atoms with Crippen molar-refractivity contribution in [1.82, 2.24) is 0 Å². The van der Waals surface area contributed by atoms with E-state index in [0.29, 0.717) is 17.2 Å². The average Bonchev–Trinajstić information content (AvgIpc) is 2.99. The van der Waals surface area contributed by atoms with Crippen LogP contribution in [-0.2, 0) is 17.6 Å². The Kier molecular flexibility index (Phi) is 15.1. The lowest BCUT2D eigenvalue weighted by molar-refractivity contribution is -0.140. The molecule has 0 aliphatic heterocycles. The predicted molar refractivity (Wildman–Crippen MR) is 171 cm³/mol. The van der Waals surface area contributed by atoms with Gasteiger partial charge in [0.05, 0.1) is 11.5 Å². The van der Waals surface area contributed by atoms with Gasteiger partial charge in [0.15, 0.2) is 0 Å². The Labute approximate surface area is 251 Å². The molecular weight excluding hydrogens is 502 g/mol. The smallest absolute Gasteiger partial charge is 0.314 e. The molecule has 0 heterocycles. The van der Waals surface area contributed by atoms with Gasteiger partial charge in [-0.05, 0) is 85.6 Å². The molecule has 1 aliphatic carbocycles. The fraction of sp³-hybridized carbons (Fsp3) is 0.632. The second-order valence-corrected chi connectivity index (χ2v) is 12.7. The molecule has 0 spiro atoms. The third-order valence-electron chi connectivity index (χ3n) is 9.09. The van der Waals surface area contributed by atoms with Crippen LogP contribution in [0.25, 0.3) is 0 Å².